The quantitative estimate of drug-likeness (QED) is 0.742. The molecule has 1 fully saturated rings. The molecule has 1 aliphatic carbocycles. The third kappa shape index (κ3) is 2.88. The van der Waals surface area contributed by atoms with Crippen LogP contribution in [0.5, 0.6) is 0 Å². The molecule has 0 spiro atoms. The number of hydrogen-bond donors (Lipinski definition) is 1. The summed E-state index contributed by atoms with van der Waals surface area (Å²) in [5.74, 6) is 1.88. The number of piperidine rings is 1. The van der Waals surface area contributed by atoms with Crippen LogP contribution in [0.1, 0.15) is 25.7 Å². The summed E-state index contributed by atoms with van der Waals surface area (Å²) < 4.78 is 5.79. The Kier molecular flexibility index (Phi) is 3.64. The van der Waals surface area contributed by atoms with Crippen molar-refractivity contribution in [2.24, 2.45) is 5.92 Å². The summed E-state index contributed by atoms with van der Waals surface area (Å²) in [6.45, 7) is 3.21. The Bertz CT molecular complexity index is 226. The molecule has 0 radical (unpaired) electrons. The molecule has 2 rings (SSSR count). The van der Waals surface area contributed by atoms with Crippen LogP contribution in [-0.4, -0.2) is 19.7 Å². The molecular weight excluding hydrogens is 174 g/mol. The molecule has 1 heterocycles. The Morgan fingerprint density at radius 3 is 3.21 bits per heavy atom. The van der Waals surface area contributed by atoms with Gasteiger partial charge in [0.1, 0.15) is 0 Å². The predicted molar refractivity (Wildman–Crippen MR) is 58.0 cm³/mol. The van der Waals surface area contributed by atoms with E-state index in [2.05, 4.69) is 23.5 Å². The van der Waals surface area contributed by atoms with Gasteiger partial charge in [-0.25, -0.2) is 0 Å². The van der Waals surface area contributed by atoms with Crippen LogP contribution in [0.3, 0.4) is 0 Å². The van der Waals surface area contributed by atoms with Crippen LogP contribution in [-0.2, 0) is 4.74 Å². The van der Waals surface area contributed by atoms with Crippen molar-refractivity contribution < 1.29 is 4.74 Å². The molecule has 0 aromatic carbocycles. The molecule has 0 aromatic heterocycles. The third-order valence-corrected chi connectivity index (χ3v) is 2.88. The molecular formula is C12H19NO. The first kappa shape index (κ1) is 9.78. The second kappa shape index (κ2) is 5.20. The molecule has 1 atom stereocenters. The molecule has 1 unspecified atom stereocenters. The summed E-state index contributed by atoms with van der Waals surface area (Å²) in [4.78, 5) is 0. The van der Waals surface area contributed by atoms with Gasteiger partial charge in [-0.2, -0.15) is 0 Å². The van der Waals surface area contributed by atoms with Gasteiger partial charge in [-0.15, -0.1) is 0 Å². The molecule has 2 aliphatic rings. The van der Waals surface area contributed by atoms with Gasteiger partial charge < -0.3 is 10.1 Å². The lowest BCUT2D eigenvalue weighted by Crippen LogP contribution is -2.32. The fraction of sp³-hybridized carbons (Fsp3) is 0.667. The van der Waals surface area contributed by atoms with Crippen LogP contribution in [0, 0.1) is 5.92 Å². The first-order valence-corrected chi connectivity index (χ1v) is 5.64. The number of rotatable bonds is 3. The van der Waals surface area contributed by atoms with Crippen LogP contribution in [0.4, 0.5) is 0 Å². The van der Waals surface area contributed by atoms with Crippen molar-refractivity contribution in [2.75, 3.05) is 19.7 Å². The highest BCUT2D eigenvalue weighted by molar-refractivity contribution is 5.12. The van der Waals surface area contributed by atoms with Crippen molar-refractivity contribution in [1.82, 2.24) is 5.32 Å². The van der Waals surface area contributed by atoms with Crippen molar-refractivity contribution in [3.8, 4) is 0 Å². The minimum Gasteiger partial charge on any atom is -0.498 e. The largest absolute Gasteiger partial charge is 0.498 e. The lowest BCUT2D eigenvalue weighted by Gasteiger charge is -2.23. The minimum absolute atomic E-state index is 0.718. The summed E-state index contributed by atoms with van der Waals surface area (Å²) in [6.07, 6.45) is 11.2. The summed E-state index contributed by atoms with van der Waals surface area (Å²) >= 11 is 0. The lowest BCUT2D eigenvalue weighted by atomic mass is 10.0. The fourth-order valence-electron chi connectivity index (χ4n) is 1.99. The molecule has 0 aromatic rings. The van der Waals surface area contributed by atoms with Crippen LogP contribution in [0.25, 0.3) is 0 Å². The Hall–Kier alpha value is -0.760. The van der Waals surface area contributed by atoms with E-state index in [0.717, 1.165) is 37.7 Å². The van der Waals surface area contributed by atoms with Gasteiger partial charge in [-0.05, 0) is 31.9 Å². The standard InChI is InChI=1S/C12H19NO/c1-2-6-12(7-3-1)14-10-11-5-4-8-13-9-11/h1-2,6,11,13H,3-5,7-10H2. The van der Waals surface area contributed by atoms with Crippen LogP contribution in [0.15, 0.2) is 24.0 Å². The molecule has 78 valence electrons. The molecule has 14 heavy (non-hydrogen) atoms. The second-order valence-corrected chi connectivity index (χ2v) is 4.12. The maximum absolute atomic E-state index is 5.79. The molecule has 1 aliphatic heterocycles. The Morgan fingerprint density at radius 1 is 1.50 bits per heavy atom. The van der Waals surface area contributed by atoms with Crippen molar-refractivity contribution >= 4 is 0 Å². The van der Waals surface area contributed by atoms with Gasteiger partial charge in [0.2, 0.25) is 0 Å². The fourth-order valence-corrected chi connectivity index (χ4v) is 1.99. The van der Waals surface area contributed by atoms with E-state index in [1.54, 1.807) is 0 Å². The van der Waals surface area contributed by atoms with Gasteiger partial charge in [-0.1, -0.05) is 12.2 Å². The summed E-state index contributed by atoms with van der Waals surface area (Å²) in [6, 6.07) is 0. The van der Waals surface area contributed by atoms with Crippen LogP contribution in [0.2, 0.25) is 0 Å². The number of ether oxygens (including phenoxy) is 1. The average Bonchev–Trinajstić information content (AvgIpc) is 2.29. The van der Waals surface area contributed by atoms with Gasteiger partial charge in [0, 0.05) is 18.9 Å². The monoisotopic (exact) mass is 193 g/mol. The Morgan fingerprint density at radius 2 is 2.50 bits per heavy atom. The second-order valence-electron chi connectivity index (χ2n) is 4.12. The van der Waals surface area contributed by atoms with E-state index < -0.39 is 0 Å². The van der Waals surface area contributed by atoms with Gasteiger partial charge in [-0.3, -0.25) is 0 Å². The first-order valence-electron chi connectivity index (χ1n) is 5.64. The van der Waals surface area contributed by atoms with Gasteiger partial charge in [0.25, 0.3) is 0 Å². The lowest BCUT2D eigenvalue weighted by molar-refractivity contribution is 0.142. The molecule has 2 nitrogen and oxygen atoms in total. The van der Waals surface area contributed by atoms with E-state index in [1.165, 1.54) is 19.4 Å². The van der Waals surface area contributed by atoms with Crippen molar-refractivity contribution in [1.29, 1.82) is 0 Å². The van der Waals surface area contributed by atoms with Crippen LogP contribution >= 0.6 is 0 Å². The van der Waals surface area contributed by atoms with Crippen molar-refractivity contribution in [2.45, 2.75) is 25.7 Å². The van der Waals surface area contributed by atoms with E-state index >= 15 is 0 Å². The van der Waals surface area contributed by atoms with Crippen molar-refractivity contribution in [3.05, 3.63) is 24.0 Å². The summed E-state index contributed by atoms with van der Waals surface area (Å²) in [5, 5.41) is 3.41. The SMILES string of the molecule is C1=CCCC(OCC2CCCNC2)=C1. The smallest absolute Gasteiger partial charge is 0.0962 e. The highest BCUT2D eigenvalue weighted by Crippen LogP contribution is 2.16. The number of nitrogens with one attached hydrogen (secondary N) is 1. The summed E-state index contributed by atoms with van der Waals surface area (Å²) in [7, 11) is 0. The van der Waals surface area contributed by atoms with Gasteiger partial charge in [0.05, 0.1) is 12.4 Å². The molecule has 1 saturated heterocycles. The van der Waals surface area contributed by atoms with Crippen molar-refractivity contribution in [3.63, 3.8) is 0 Å². The minimum atomic E-state index is 0.718. The van der Waals surface area contributed by atoms with Gasteiger partial charge in [0.15, 0.2) is 0 Å². The molecule has 2 heteroatoms. The topological polar surface area (TPSA) is 21.3 Å². The van der Waals surface area contributed by atoms with Gasteiger partial charge >= 0.3 is 0 Å². The van der Waals surface area contributed by atoms with E-state index in [4.69, 9.17) is 4.74 Å². The normalized spacial score (nSPS) is 27.1. The average molecular weight is 193 g/mol. The van der Waals surface area contributed by atoms with E-state index in [9.17, 15) is 0 Å². The maximum atomic E-state index is 5.79. The highest BCUT2D eigenvalue weighted by Gasteiger charge is 2.13. The zero-order valence-electron chi connectivity index (χ0n) is 8.67. The zero-order chi connectivity index (χ0) is 9.64. The van der Waals surface area contributed by atoms with E-state index in [-0.39, 0.29) is 0 Å². The third-order valence-electron chi connectivity index (χ3n) is 2.88. The zero-order valence-corrected chi connectivity index (χ0v) is 8.67. The number of hydrogen-bond acceptors (Lipinski definition) is 2. The maximum Gasteiger partial charge on any atom is 0.0962 e. The Labute approximate surface area is 86.0 Å². The highest BCUT2D eigenvalue weighted by atomic mass is 16.5. The number of allylic oxidation sites excluding steroid dienone is 4. The first-order chi connectivity index (χ1) is 6.95. The molecule has 0 amide bonds. The molecule has 0 bridgehead atoms. The molecule has 0 saturated carbocycles. The Balaban J connectivity index is 1.70. The predicted octanol–water partition coefficient (Wildman–Crippen LogP) is 2.24. The van der Waals surface area contributed by atoms with E-state index in [1.807, 2.05) is 0 Å². The van der Waals surface area contributed by atoms with E-state index in [0.29, 0.717) is 0 Å². The van der Waals surface area contributed by atoms with Crippen LogP contribution < -0.4 is 5.32 Å². The summed E-state index contributed by atoms with van der Waals surface area (Å²) in [5.41, 5.74) is 0. The molecule has 1 N–H and O–H groups in total.